The van der Waals surface area contributed by atoms with Crippen molar-refractivity contribution >= 4 is 40.0 Å². The number of fused-ring (bicyclic) bond motifs is 3. The van der Waals surface area contributed by atoms with E-state index in [4.69, 9.17) is 4.42 Å². The number of aryl methyl sites for hydroxylation is 3. The van der Waals surface area contributed by atoms with Crippen molar-refractivity contribution in [3.63, 3.8) is 0 Å². The third kappa shape index (κ3) is 3.06. The first kappa shape index (κ1) is 16.7. The van der Waals surface area contributed by atoms with E-state index in [1.54, 1.807) is 6.33 Å². The maximum Gasteiger partial charge on any atom is 0.234 e. The van der Waals surface area contributed by atoms with Gasteiger partial charge in [0.25, 0.3) is 0 Å². The van der Waals surface area contributed by atoms with Crippen LogP contribution in [-0.2, 0) is 4.79 Å². The molecule has 1 N–H and O–H groups in total. The highest BCUT2D eigenvalue weighted by atomic mass is 32.2. The Labute approximate surface area is 154 Å². The maximum atomic E-state index is 12.3. The molecular formula is C19H18N4O2S. The lowest BCUT2D eigenvalue weighted by Gasteiger charge is -2.09. The second-order valence-corrected chi connectivity index (χ2v) is 7.26. The summed E-state index contributed by atoms with van der Waals surface area (Å²) < 4.78 is 7.61. The van der Waals surface area contributed by atoms with Crippen molar-refractivity contribution in [1.29, 1.82) is 0 Å². The smallest absolute Gasteiger partial charge is 0.234 e. The van der Waals surface area contributed by atoms with Gasteiger partial charge in [0.1, 0.15) is 17.1 Å². The minimum absolute atomic E-state index is 0.0707. The molecule has 3 heterocycles. The van der Waals surface area contributed by atoms with Crippen molar-refractivity contribution in [3.8, 4) is 0 Å². The molecule has 0 bridgehead atoms. The number of aromatic nitrogens is 3. The lowest BCUT2D eigenvalue weighted by molar-refractivity contribution is -0.113. The van der Waals surface area contributed by atoms with Gasteiger partial charge < -0.3 is 9.73 Å². The van der Waals surface area contributed by atoms with Gasteiger partial charge in [0.05, 0.1) is 16.8 Å². The Bertz CT molecular complexity index is 1130. The highest BCUT2D eigenvalue weighted by Gasteiger charge is 2.14. The van der Waals surface area contributed by atoms with Crippen molar-refractivity contribution in [2.45, 2.75) is 25.8 Å². The van der Waals surface area contributed by atoms with E-state index in [0.29, 0.717) is 5.03 Å². The minimum Gasteiger partial charge on any atom is -0.460 e. The van der Waals surface area contributed by atoms with Crippen LogP contribution >= 0.6 is 11.8 Å². The Morgan fingerprint density at radius 2 is 2.04 bits per heavy atom. The highest BCUT2D eigenvalue weighted by Crippen LogP contribution is 2.28. The van der Waals surface area contributed by atoms with Crippen LogP contribution in [0.5, 0.6) is 0 Å². The molecule has 0 aliphatic rings. The van der Waals surface area contributed by atoms with E-state index in [0.717, 1.165) is 39.2 Å². The van der Waals surface area contributed by atoms with E-state index < -0.39 is 0 Å². The number of benzene rings is 1. The topological polar surface area (TPSA) is 72.4 Å². The number of carbonyl (C=O) groups excluding carboxylic acids is 1. The molecule has 0 unspecified atom stereocenters. The fourth-order valence-electron chi connectivity index (χ4n) is 2.90. The molecule has 0 saturated carbocycles. The molecule has 4 aromatic rings. The average molecular weight is 366 g/mol. The molecule has 0 aliphatic heterocycles. The standard InChI is InChI=1S/C19H18N4O2S/c1-11-4-5-12(2)14(6-11)21-18(24)9-26-19-16-8-17-15(7-13(3)25-17)23(16)10-20-22-19/h4-8,10H,9H2,1-3H3,(H,21,24). The second kappa shape index (κ2) is 6.49. The van der Waals surface area contributed by atoms with Gasteiger partial charge in [0.15, 0.2) is 5.58 Å². The van der Waals surface area contributed by atoms with Gasteiger partial charge in [0.2, 0.25) is 5.91 Å². The lowest BCUT2D eigenvalue weighted by Crippen LogP contribution is -2.15. The van der Waals surface area contributed by atoms with Crippen LogP contribution in [0.4, 0.5) is 5.69 Å². The SMILES string of the molecule is Cc1ccc(C)c(NC(=O)CSc2nncn3c2cc2oc(C)cc23)c1. The summed E-state index contributed by atoms with van der Waals surface area (Å²) in [6.07, 6.45) is 1.66. The van der Waals surface area contributed by atoms with Gasteiger partial charge in [0, 0.05) is 17.8 Å². The zero-order valence-electron chi connectivity index (χ0n) is 14.7. The molecule has 132 valence electrons. The van der Waals surface area contributed by atoms with E-state index in [2.05, 4.69) is 15.5 Å². The third-order valence-corrected chi connectivity index (χ3v) is 5.16. The van der Waals surface area contributed by atoms with Crippen molar-refractivity contribution < 1.29 is 9.21 Å². The molecule has 0 radical (unpaired) electrons. The Kier molecular flexibility index (Phi) is 4.16. The maximum absolute atomic E-state index is 12.3. The normalized spacial score (nSPS) is 11.3. The molecule has 0 saturated heterocycles. The minimum atomic E-state index is -0.0707. The van der Waals surface area contributed by atoms with Crippen LogP contribution in [0.3, 0.4) is 0 Å². The van der Waals surface area contributed by atoms with E-state index in [9.17, 15) is 4.79 Å². The lowest BCUT2D eigenvalue weighted by atomic mass is 10.1. The molecular weight excluding hydrogens is 348 g/mol. The van der Waals surface area contributed by atoms with E-state index in [1.807, 2.05) is 55.5 Å². The molecule has 3 aromatic heterocycles. The van der Waals surface area contributed by atoms with E-state index in [-0.39, 0.29) is 11.7 Å². The molecule has 4 rings (SSSR count). The molecule has 0 fully saturated rings. The molecule has 1 aromatic carbocycles. The molecule has 0 atom stereocenters. The van der Waals surface area contributed by atoms with Crippen molar-refractivity contribution in [2.75, 3.05) is 11.1 Å². The van der Waals surface area contributed by atoms with Gasteiger partial charge in [-0.3, -0.25) is 9.20 Å². The molecule has 6 nitrogen and oxygen atoms in total. The van der Waals surface area contributed by atoms with Crippen LogP contribution in [0.25, 0.3) is 16.6 Å². The zero-order valence-corrected chi connectivity index (χ0v) is 15.6. The van der Waals surface area contributed by atoms with Gasteiger partial charge >= 0.3 is 0 Å². The number of hydrogen-bond acceptors (Lipinski definition) is 5. The van der Waals surface area contributed by atoms with E-state index >= 15 is 0 Å². The Hall–Kier alpha value is -2.80. The first-order valence-electron chi connectivity index (χ1n) is 8.24. The monoisotopic (exact) mass is 366 g/mol. The Balaban J connectivity index is 1.53. The van der Waals surface area contributed by atoms with Gasteiger partial charge in [-0.25, -0.2) is 0 Å². The summed E-state index contributed by atoms with van der Waals surface area (Å²) >= 11 is 1.36. The first-order valence-corrected chi connectivity index (χ1v) is 9.22. The van der Waals surface area contributed by atoms with Crippen molar-refractivity contribution in [1.82, 2.24) is 14.6 Å². The fraction of sp³-hybridized carbons (Fsp3) is 0.211. The quantitative estimate of drug-likeness (QED) is 0.550. The summed E-state index contributed by atoms with van der Waals surface area (Å²) in [5, 5.41) is 11.9. The summed E-state index contributed by atoms with van der Waals surface area (Å²) in [6, 6.07) is 9.90. The van der Waals surface area contributed by atoms with Gasteiger partial charge in [-0.15, -0.1) is 10.2 Å². The third-order valence-electron chi connectivity index (χ3n) is 4.19. The zero-order chi connectivity index (χ0) is 18.3. The average Bonchev–Trinajstić information content (AvgIpc) is 3.12. The molecule has 26 heavy (non-hydrogen) atoms. The fourth-order valence-corrected chi connectivity index (χ4v) is 3.65. The van der Waals surface area contributed by atoms with Crippen LogP contribution < -0.4 is 5.32 Å². The summed E-state index contributed by atoms with van der Waals surface area (Å²) in [4.78, 5) is 12.3. The number of furan rings is 1. The summed E-state index contributed by atoms with van der Waals surface area (Å²) in [6.45, 7) is 5.89. The predicted octanol–water partition coefficient (Wildman–Crippen LogP) is 4.13. The second-order valence-electron chi connectivity index (χ2n) is 6.30. The Morgan fingerprint density at radius 1 is 1.19 bits per heavy atom. The number of anilines is 1. The molecule has 0 spiro atoms. The summed E-state index contributed by atoms with van der Waals surface area (Å²) in [7, 11) is 0. The van der Waals surface area contributed by atoms with Crippen molar-refractivity contribution in [3.05, 3.63) is 53.5 Å². The van der Waals surface area contributed by atoms with Crippen LogP contribution in [-0.4, -0.2) is 26.3 Å². The van der Waals surface area contributed by atoms with Gasteiger partial charge in [-0.2, -0.15) is 0 Å². The van der Waals surface area contributed by atoms with Crippen LogP contribution in [0.15, 0.2) is 46.1 Å². The molecule has 7 heteroatoms. The van der Waals surface area contributed by atoms with Crippen LogP contribution in [0.1, 0.15) is 16.9 Å². The summed E-state index contributed by atoms with van der Waals surface area (Å²) in [5.74, 6) is 1.04. The van der Waals surface area contributed by atoms with E-state index in [1.165, 1.54) is 11.8 Å². The number of rotatable bonds is 4. The number of amides is 1. The Morgan fingerprint density at radius 3 is 2.88 bits per heavy atom. The predicted molar refractivity (Wildman–Crippen MR) is 103 cm³/mol. The number of nitrogens with one attached hydrogen (secondary N) is 1. The largest absolute Gasteiger partial charge is 0.460 e. The number of carbonyl (C=O) groups is 1. The van der Waals surface area contributed by atoms with Gasteiger partial charge in [-0.1, -0.05) is 23.9 Å². The highest BCUT2D eigenvalue weighted by molar-refractivity contribution is 8.00. The van der Waals surface area contributed by atoms with Crippen LogP contribution in [0, 0.1) is 20.8 Å². The van der Waals surface area contributed by atoms with Gasteiger partial charge in [-0.05, 0) is 38.0 Å². The number of thioether (sulfide) groups is 1. The number of hydrogen-bond donors (Lipinski definition) is 1. The molecule has 1 amide bonds. The first-order chi connectivity index (χ1) is 12.5. The van der Waals surface area contributed by atoms with Crippen LogP contribution in [0.2, 0.25) is 0 Å². The summed E-state index contributed by atoms with van der Waals surface area (Å²) in [5.41, 5.74) is 5.63. The number of nitrogens with zero attached hydrogens (tertiary/aromatic N) is 3. The van der Waals surface area contributed by atoms with Crippen molar-refractivity contribution in [2.24, 2.45) is 0 Å². The molecule has 0 aliphatic carbocycles.